The topological polar surface area (TPSA) is 67.6 Å². The second kappa shape index (κ2) is 6.61. The molecule has 2 rings (SSSR count). The molecule has 0 radical (unpaired) electrons. The van der Waals surface area contributed by atoms with Crippen LogP contribution >= 0.6 is 0 Å². The first kappa shape index (κ1) is 14.7. The third-order valence-electron chi connectivity index (χ3n) is 3.82. The van der Waals surface area contributed by atoms with Crippen LogP contribution in [0.25, 0.3) is 0 Å². The number of hydrogen-bond donors (Lipinski definition) is 2. The van der Waals surface area contributed by atoms with Gasteiger partial charge in [-0.05, 0) is 37.9 Å². The average molecular weight is 277 g/mol. The Morgan fingerprint density at radius 3 is 3.05 bits per heavy atom. The number of ether oxygens (including phenoxy) is 1. The lowest BCUT2D eigenvalue weighted by molar-refractivity contribution is -0.117. The minimum absolute atomic E-state index is 0.00609. The molecule has 3 N–H and O–H groups in total. The quantitative estimate of drug-likeness (QED) is 0.809. The van der Waals surface area contributed by atoms with Gasteiger partial charge < -0.3 is 15.8 Å². The maximum Gasteiger partial charge on any atom is 0.238 e. The fourth-order valence-electron chi connectivity index (χ4n) is 2.75. The van der Waals surface area contributed by atoms with Crippen molar-refractivity contribution in [2.45, 2.75) is 32.2 Å². The summed E-state index contributed by atoms with van der Waals surface area (Å²) < 4.78 is 5.23. The molecule has 0 aliphatic carbocycles. The summed E-state index contributed by atoms with van der Waals surface area (Å²) in [5.74, 6) is 0.584. The van der Waals surface area contributed by atoms with Crippen LogP contribution < -0.4 is 15.8 Å². The van der Waals surface area contributed by atoms with Gasteiger partial charge in [0.1, 0.15) is 5.75 Å². The van der Waals surface area contributed by atoms with E-state index in [4.69, 9.17) is 10.5 Å². The van der Waals surface area contributed by atoms with E-state index in [1.807, 2.05) is 0 Å². The van der Waals surface area contributed by atoms with E-state index in [0.29, 0.717) is 29.7 Å². The number of hydrogen-bond acceptors (Lipinski definition) is 4. The van der Waals surface area contributed by atoms with E-state index in [0.717, 1.165) is 13.0 Å². The van der Waals surface area contributed by atoms with Crippen LogP contribution in [-0.2, 0) is 4.79 Å². The standard InChI is InChI=1S/C15H23N3O2/c1-3-12-5-4-8-18(12)10-15(19)17-13-7-6-11(16)9-14(13)20-2/h6-7,9,12H,3-5,8,10,16H2,1-2H3,(H,17,19). The highest BCUT2D eigenvalue weighted by molar-refractivity contribution is 5.94. The van der Waals surface area contributed by atoms with Crippen molar-refractivity contribution in [2.24, 2.45) is 0 Å². The van der Waals surface area contributed by atoms with E-state index in [1.54, 1.807) is 25.3 Å². The molecular formula is C15H23N3O2. The summed E-state index contributed by atoms with van der Waals surface area (Å²) in [6.07, 6.45) is 3.46. The third kappa shape index (κ3) is 3.42. The van der Waals surface area contributed by atoms with Gasteiger partial charge in [-0.1, -0.05) is 6.92 Å². The Labute approximate surface area is 120 Å². The zero-order valence-electron chi connectivity index (χ0n) is 12.2. The fraction of sp³-hybridized carbons (Fsp3) is 0.533. The highest BCUT2D eigenvalue weighted by Crippen LogP contribution is 2.27. The number of carbonyl (C=O) groups excluding carboxylic acids is 1. The highest BCUT2D eigenvalue weighted by atomic mass is 16.5. The summed E-state index contributed by atoms with van der Waals surface area (Å²) in [7, 11) is 1.57. The van der Waals surface area contributed by atoms with Crippen molar-refractivity contribution in [1.29, 1.82) is 0 Å². The van der Waals surface area contributed by atoms with E-state index in [2.05, 4.69) is 17.1 Å². The van der Waals surface area contributed by atoms with Crippen LogP contribution in [-0.4, -0.2) is 37.0 Å². The average Bonchev–Trinajstić information content (AvgIpc) is 2.87. The van der Waals surface area contributed by atoms with Gasteiger partial charge in [-0.2, -0.15) is 0 Å². The molecule has 1 atom stereocenters. The molecule has 5 heteroatoms. The van der Waals surface area contributed by atoms with Crippen molar-refractivity contribution in [3.8, 4) is 5.75 Å². The Balaban J connectivity index is 1.97. The van der Waals surface area contributed by atoms with Crippen molar-refractivity contribution < 1.29 is 9.53 Å². The SMILES string of the molecule is CCC1CCCN1CC(=O)Nc1ccc(N)cc1OC. The largest absolute Gasteiger partial charge is 0.494 e. The maximum absolute atomic E-state index is 12.1. The van der Waals surface area contributed by atoms with Crippen LogP contribution in [0.1, 0.15) is 26.2 Å². The molecule has 5 nitrogen and oxygen atoms in total. The maximum atomic E-state index is 12.1. The molecule has 110 valence electrons. The number of rotatable bonds is 5. The zero-order chi connectivity index (χ0) is 14.5. The number of nitrogens with two attached hydrogens (primary N) is 1. The van der Waals surface area contributed by atoms with E-state index in [1.165, 1.54) is 12.8 Å². The molecule has 1 saturated heterocycles. The molecule has 20 heavy (non-hydrogen) atoms. The Morgan fingerprint density at radius 2 is 2.35 bits per heavy atom. The number of benzene rings is 1. The minimum Gasteiger partial charge on any atom is -0.494 e. The molecule has 0 spiro atoms. The van der Waals surface area contributed by atoms with E-state index >= 15 is 0 Å². The van der Waals surface area contributed by atoms with Crippen LogP contribution in [0, 0.1) is 0 Å². The van der Waals surface area contributed by atoms with Gasteiger partial charge in [0.25, 0.3) is 0 Å². The zero-order valence-corrected chi connectivity index (χ0v) is 12.2. The number of methoxy groups -OCH3 is 1. The van der Waals surface area contributed by atoms with Crippen molar-refractivity contribution >= 4 is 17.3 Å². The third-order valence-corrected chi connectivity index (χ3v) is 3.82. The van der Waals surface area contributed by atoms with E-state index in [9.17, 15) is 4.79 Å². The molecular weight excluding hydrogens is 254 g/mol. The molecule has 1 amide bonds. The molecule has 1 unspecified atom stereocenters. The highest BCUT2D eigenvalue weighted by Gasteiger charge is 2.24. The Kier molecular flexibility index (Phi) is 4.84. The molecule has 1 aromatic rings. The summed E-state index contributed by atoms with van der Waals surface area (Å²) in [6, 6.07) is 5.77. The van der Waals surface area contributed by atoms with Gasteiger partial charge in [0.2, 0.25) is 5.91 Å². The minimum atomic E-state index is -0.00609. The van der Waals surface area contributed by atoms with Gasteiger partial charge in [0.05, 0.1) is 19.3 Å². The number of carbonyl (C=O) groups is 1. The molecule has 0 bridgehead atoms. The predicted octanol–water partition coefficient (Wildman–Crippen LogP) is 2.09. The normalized spacial score (nSPS) is 19.0. The Bertz CT molecular complexity index is 476. The van der Waals surface area contributed by atoms with Crippen molar-refractivity contribution in [3.63, 3.8) is 0 Å². The number of anilines is 2. The first-order valence-corrected chi connectivity index (χ1v) is 7.11. The first-order chi connectivity index (χ1) is 9.63. The fourth-order valence-corrected chi connectivity index (χ4v) is 2.75. The van der Waals surface area contributed by atoms with Gasteiger partial charge in [0.15, 0.2) is 0 Å². The smallest absolute Gasteiger partial charge is 0.238 e. The molecule has 1 fully saturated rings. The van der Waals surface area contributed by atoms with Gasteiger partial charge in [-0.15, -0.1) is 0 Å². The molecule has 1 heterocycles. The second-order valence-corrected chi connectivity index (χ2v) is 5.18. The lowest BCUT2D eigenvalue weighted by Gasteiger charge is -2.22. The number of likely N-dealkylation sites (tertiary alicyclic amines) is 1. The summed E-state index contributed by atoms with van der Waals surface area (Å²) in [5.41, 5.74) is 6.98. The monoisotopic (exact) mass is 277 g/mol. The van der Waals surface area contributed by atoms with Gasteiger partial charge in [0, 0.05) is 17.8 Å². The van der Waals surface area contributed by atoms with Crippen LogP contribution in [0.5, 0.6) is 5.75 Å². The van der Waals surface area contributed by atoms with Crippen molar-refractivity contribution in [3.05, 3.63) is 18.2 Å². The molecule has 1 aliphatic heterocycles. The second-order valence-electron chi connectivity index (χ2n) is 5.18. The summed E-state index contributed by atoms with van der Waals surface area (Å²) in [6.45, 7) is 3.61. The molecule has 0 saturated carbocycles. The predicted molar refractivity (Wildman–Crippen MR) is 80.9 cm³/mol. The van der Waals surface area contributed by atoms with Crippen molar-refractivity contribution in [1.82, 2.24) is 4.90 Å². The van der Waals surface area contributed by atoms with E-state index < -0.39 is 0 Å². The van der Waals surface area contributed by atoms with Gasteiger partial charge in [-0.3, -0.25) is 9.69 Å². The first-order valence-electron chi connectivity index (χ1n) is 7.11. The summed E-state index contributed by atoms with van der Waals surface area (Å²) in [5, 5.41) is 2.90. The summed E-state index contributed by atoms with van der Waals surface area (Å²) in [4.78, 5) is 14.4. The van der Waals surface area contributed by atoms with Gasteiger partial charge >= 0.3 is 0 Å². The Hall–Kier alpha value is -1.75. The summed E-state index contributed by atoms with van der Waals surface area (Å²) >= 11 is 0. The lowest BCUT2D eigenvalue weighted by atomic mass is 10.2. The Morgan fingerprint density at radius 1 is 1.55 bits per heavy atom. The lowest BCUT2D eigenvalue weighted by Crippen LogP contribution is -2.36. The van der Waals surface area contributed by atoms with E-state index in [-0.39, 0.29) is 5.91 Å². The van der Waals surface area contributed by atoms with Crippen LogP contribution in [0.3, 0.4) is 0 Å². The molecule has 1 aromatic carbocycles. The van der Waals surface area contributed by atoms with Crippen LogP contribution in [0.15, 0.2) is 18.2 Å². The van der Waals surface area contributed by atoms with Crippen LogP contribution in [0.2, 0.25) is 0 Å². The molecule has 0 aromatic heterocycles. The number of amides is 1. The number of nitrogen functional groups attached to an aromatic ring is 1. The van der Waals surface area contributed by atoms with Crippen molar-refractivity contribution in [2.75, 3.05) is 31.2 Å². The number of nitrogens with zero attached hydrogens (tertiary/aromatic N) is 1. The van der Waals surface area contributed by atoms with Gasteiger partial charge in [-0.25, -0.2) is 0 Å². The molecule has 1 aliphatic rings. The van der Waals surface area contributed by atoms with Crippen LogP contribution in [0.4, 0.5) is 11.4 Å². The number of nitrogens with one attached hydrogen (secondary N) is 1.